The Morgan fingerprint density at radius 1 is 1.13 bits per heavy atom. The van der Waals surface area contributed by atoms with E-state index >= 15 is 0 Å². The summed E-state index contributed by atoms with van der Waals surface area (Å²) in [6.07, 6.45) is 2.43. The van der Waals surface area contributed by atoms with Gasteiger partial charge in [-0.3, -0.25) is 4.79 Å². The number of aldehydes is 1. The van der Waals surface area contributed by atoms with Gasteiger partial charge in [0.25, 0.3) is 0 Å². The predicted octanol–water partition coefficient (Wildman–Crippen LogP) is 2.69. The van der Waals surface area contributed by atoms with Gasteiger partial charge in [0.1, 0.15) is 12.0 Å². The number of nitrogens with zero attached hydrogens (tertiary/aromatic N) is 1. The van der Waals surface area contributed by atoms with Gasteiger partial charge in [-0.25, -0.2) is 4.98 Å². The molecule has 0 radical (unpaired) electrons. The van der Waals surface area contributed by atoms with E-state index in [4.69, 9.17) is 4.74 Å². The van der Waals surface area contributed by atoms with Crippen LogP contribution in [0.1, 0.15) is 10.4 Å². The standard InChI is InChI=1S/C12H9NO2/c14-9-10-4-3-5-11(8-10)15-12-6-1-2-7-13-12/h1-9H. The molecule has 0 atom stereocenters. The van der Waals surface area contributed by atoms with E-state index in [1.807, 2.05) is 12.1 Å². The van der Waals surface area contributed by atoms with Gasteiger partial charge < -0.3 is 4.74 Å². The number of aromatic nitrogens is 1. The maximum Gasteiger partial charge on any atom is 0.219 e. The molecule has 0 aliphatic rings. The van der Waals surface area contributed by atoms with Crippen LogP contribution in [-0.2, 0) is 0 Å². The summed E-state index contributed by atoms with van der Waals surface area (Å²) in [7, 11) is 0. The summed E-state index contributed by atoms with van der Waals surface area (Å²) in [5.41, 5.74) is 0.587. The molecule has 2 aromatic rings. The lowest BCUT2D eigenvalue weighted by atomic mass is 10.2. The van der Waals surface area contributed by atoms with Crippen molar-refractivity contribution < 1.29 is 9.53 Å². The molecule has 0 fully saturated rings. The zero-order chi connectivity index (χ0) is 10.5. The Labute approximate surface area is 87.3 Å². The summed E-state index contributed by atoms with van der Waals surface area (Å²) in [6.45, 7) is 0. The van der Waals surface area contributed by atoms with Crippen molar-refractivity contribution in [2.24, 2.45) is 0 Å². The average molecular weight is 199 g/mol. The summed E-state index contributed by atoms with van der Waals surface area (Å²) in [4.78, 5) is 14.6. The quantitative estimate of drug-likeness (QED) is 0.713. The number of hydrogen-bond donors (Lipinski definition) is 0. The number of carbonyl (C=O) groups excluding carboxylic acids is 1. The molecule has 3 nitrogen and oxygen atoms in total. The molecule has 0 aliphatic heterocycles. The monoisotopic (exact) mass is 199 g/mol. The largest absolute Gasteiger partial charge is 0.439 e. The first-order chi connectivity index (χ1) is 7.38. The molecule has 0 aliphatic carbocycles. The Morgan fingerprint density at radius 2 is 2.07 bits per heavy atom. The third-order valence-corrected chi connectivity index (χ3v) is 1.85. The first kappa shape index (κ1) is 9.40. The second-order valence-corrected chi connectivity index (χ2v) is 2.96. The fraction of sp³-hybridized carbons (Fsp3) is 0. The molecule has 0 spiro atoms. The van der Waals surface area contributed by atoms with Crippen LogP contribution in [0.5, 0.6) is 11.6 Å². The molecular formula is C12H9NO2. The lowest BCUT2D eigenvalue weighted by Crippen LogP contribution is -1.87. The van der Waals surface area contributed by atoms with Gasteiger partial charge in [0.15, 0.2) is 0 Å². The lowest BCUT2D eigenvalue weighted by molar-refractivity contribution is 0.112. The molecule has 74 valence electrons. The van der Waals surface area contributed by atoms with Gasteiger partial charge in [-0.2, -0.15) is 0 Å². The first-order valence-electron chi connectivity index (χ1n) is 4.52. The SMILES string of the molecule is O=Cc1cccc(Oc2ccccn2)c1. The van der Waals surface area contributed by atoms with E-state index < -0.39 is 0 Å². The predicted molar refractivity (Wildman–Crippen MR) is 56.1 cm³/mol. The van der Waals surface area contributed by atoms with Crippen LogP contribution >= 0.6 is 0 Å². The van der Waals surface area contributed by atoms with Gasteiger partial charge in [0.2, 0.25) is 5.88 Å². The van der Waals surface area contributed by atoms with Gasteiger partial charge in [-0.1, -0.05) is 18.2 Å². The molecule has 1 aromatic heterocycles. The smallest absolute Gasteiger partial charge is 0.219 e. The fourth-order valence-electron chi connectivity index (χ4n) is 1.18. The highest BCUT2D eigenvalue weighted by atomic mass is 16.5. The Hall–Kier alpha value is -2.16. The maximum atomic E-state index is 10.5. The molecule has 0 N–H and O–H groups in total. The second-order valence-electron chi connectivity index (χ2n) is 2.96. The molecular weight excluding hydrogens is 190 g/mol. The zero-order valence-corrected chi connectivity index (χ0v) is 7.96. The van der Waals surface area contributed by atoms with E-state index in [2.05, 4.69) is 4.98 Å². The normalized spacial score (nSPS) is 9.60. The minimum atomic E-state index is 0.514. The van der Waals surface area contributed by atoms with Crippen molar-refractivity contribution in [3.8, 4) is 11.6 Å². The summed E-state index contributed by atoms with van der Waals surface area (Å²) in [6, 6.07) is 12.3. The van der Waals surface area contributed by atoms with Crippen molar-refractivity contribution in [1.29, 1.82) is 0 Å². The molecule has 0 amide bonds. The Morgan fingerprint density at radius 3 is 2.80 bits per heavy atom. The number of hydrogen-bond acceptors (Lipinski definition) is 3. The van der Waals surface area contributed by atoms with Crippen LogP contribution in [-0.4, -0.2) is 11.3 Å². The second kappa shape index (κ2) is 4.37. The molecule has 0 bridgehead atoms. The van der Waals surface area contributed by atoms with Gasteiger partial charge in [-0.15, -0.1) is 0 Å². The van der Waals surface area contributed by atoms with Crippen LogP contribution in [0.2, 0.25) is 0 Å². The van der Waals surface area contributed by atoms with Gasteiger partial charge >= 0.3 is 0 Å². The van der Waals surface area contributed by atoms with Gasteiger partial charge in [0.05, 0.1) is 0 Å². The number of rotatable bonds is 3. The minimum Gasteiger partial charge on any atom is -0.439 e. The van der Waals surface area contributed by atoms with E-state index in [0.29, 0.717) is 17.2 Å². The highest BCUT2D eigenvalue weighted by Crippen LogP contribution is 2.18. The van der Waals surface area contributed by atoms with Crippen LogP contribution in [0, 0.1) is 0 Å². The summed E-state index contributed by atoms with van der Waals surface area (Å²) in [5.74, 6) is 1.12. The van der Waals surface area contributed by atoms with Crippen molar-refractivity contribution in [3.63, 3.8) is 0 Å². The van der Waals surface area contributed by atoms with E-state index in [1.165, 1.54) is 0 Å². The molecule has 0 saturated carbocycles. The molecule has 1 heterocycles. The van der Waals surface area contributed by atoms with E-state index in [0.717, 1.165) is 6.29 Å². The topological polar surface area (TPSA) is 39.2 Å². The molecule has 3 heteroatoms. The highest BCUT2D eigenvalue weighted by Gasteiger charge is 1.98. The highest BCUT2D eigenvalue weighted by molar-refractivity contribution is 5.75. The van der Waals surface area contributed by atoms with Gasteiger partial charge in [0, 0.05) is 17.8 Å². The first-order valence-corrected chi connectivity index (χ1v) is 4.52. The lowest BCUT2D eigenvalue weighted by Gasteiger charge is -2.03. The summed E-state index contributed by atoms with van der Waals surface area (Å²) < 4.78 is 5.45. The maximum absolute atomic E-state index is 10.5. The zero-order valence-electron chi connectivity index (χ0n) is 7.96. The summed E-state index contributed by atoms with van der Waals surface area (Å²) >= 11 is 0. The van der Waals surface area contributed by atoms with Crippen molar-refractivity contribution in [3.05, 3.63) is 54.2 Å². The van der Waals surface area contributed by atoms with Crippen molar-refractivity contribution in [2.75, 3.05) is 0 Å². The van der Waals surface area contributed by atoms with Crippen LogP contribution in [0.25, 0.3) is 0 Å². The van der Waals surface area contributed by atoms with E-state index in [1.54, 1.807) is 36.5 Å². The molecule has 1 aromatic carbocycles. The van der Waals surface area contributed by atoms with Crippen LogP contribution in [0.4, 0.5) is 0 Å². The van der Waals surface area contributed by atoms with Crippen LogP contribution < -0.4 is 4.74 Å². The number of carbonyl (C=O) groups is 1. The Bertz CT molecular complexity index is 454. The number of ether oxygens (including phenoxy) is 1. The van der Waals surface area contributed by atoms with E-state index in [-0.39, 0.29) is 0 Å². The average Bonchev–Trinajstić information content (AvgIpc) is 2.31. The summed E-state index contributed by atoms with van der Waals surface area (Å²) in [5, 5.41) is 0. The van der Waals surface area contributed by atoms with Crippen molar-refractivity contribution in [1.82, 2.24) is 4.98 Å². The number of pyridine rings is 1. The Kier molecular flexibility index (Phi) is 2.74. The fourth-order valence-corrected chi connectivity index (χ4v) is 1.18. The van der Waals surface area contributed by atoms with Crippen LogP contribution in [0.3, 0.4) is 0 Å². The van der Waals surface area contributed by atoms with Crippen LogP contribution in [0.15, 0.2) is 48.7 Å². The third-order valence-electron chi connectivity index (χ3n) is 1.85. The third kappa shape index (κ3) is 2.40. The minimum absolute atomic E-state index is 0.514. The molecule has 0 unspecified atom stereocenters. The Balaban J connectivity index is 2.21. The number of benzene rings is 1. The molecule has 2 rings (SSSR count). The van der Waals surface area contributed by atoms with Gasteiger partial charge in [-0.05, 0) is 18.2 Å². The van der Waals surface area contributed by atoms with E-state index in [9.17, 15) is 4.79 Å². The molecule has 0 saturated heterocycles. The van der Waals surface area contributed by atoms with Crippen molar-refractivity contribution in [2.45, 2.75) is 0 Å². The molecule has 15 heavy (non-hydrogen) atoms. The van der Waals surface area contributed by atoms with Crippen molar-refractivity contribution >= 4 is 6.29 Å².